The molecule has 0 radical (unpaired) electrons. The number of fused-ring (bicyclic) bond motifs is 1. The monoisotopic (exact) mass is 232 g/mol. The molecule has 2 aromatic rings. The van der Waals surface area contributed by atoms with Crippen molar-refractivity contribution < 1.29 is 0 Å². The number of nitrogens with zero attached hydrogens (tertiary/aromatic N) is 1. The van der Waals surface area contributed by atoms with E-state index >= 15 is 0 Å². The molecule has 2 heterocycles. The minimum absolute atomic E-state index is 0.541. The maximum atomic E-state index is 6.12. The lowest BCUT2D eigenvalue weighted by Crippen LogP contribution is -2.03. The van der Waals surface area contributed by atoms with Crippen LogP contribution in [0.5, 0.6) is 0 Å². The van der Waals surface area contributed by atoms with Gasteiger partial charge < -0.3 is 4.98 Å². The summed E-state index contributed by atoms with van der Waals surface area (Å²) in [5.41, 5.74) is 2.35. The van der Waals surface area contributed by atoms with Gasteiger partial charge in [-0.2, -0.15) is 0 Å². The molecule has 1 atom stereocenters. The third-order valence-corrected chi connectivity index (χ3v) is 3.56. The topological polar surface area (TPSA) is 28.7 Å². The molecule has 2 nitrogen and oxygen atoms in total. The molecular formula is C13H13ClN2. The van der Waals surface area contributed by atoms with Gasteiger partial charge in [-0.3, -0.25) is 0 Å². The normalized spacial score (nSPS) is 21.1. The number of aromatic nitrogens is 2. The molecule has 1 unspecified atom stereocenters. The van der Waals surface area contributed by atoms with Crippen molar-refractivity contribution in [2.75, 3.05) is 0 Å². The number of H-pyrrole nitrogens is 1. The number of halogens is 1. The molecule has 0 aliphatic heterocycles. The highest BCUT2D eigenvalue weighted by Crippen LogP contribution is 2.36. The summed E-state index contributed by atoms with van der Waals surface area (Å²) in [6, 6.07) is 4.22. The second-order valence-corrected chi connectivity index (χ2v) is 4.75. The minimum atomic E-state index is 0.541. The predicted octanol–water partition coefficient (Wildman–Crippen LogP) is 3.95. The number of hydrogen-bond acceptors (Lipinski definition) is 1. The van der Waals surface area contributed by atoms with E-state index < -0.39 is 0 Å². The van der Waals surface area contributed by atoms with E-state index in [0.717, 1.165) is 23.5 Å². The summed E-state index contributed by atoms with van der Waals surface area (Å²) in [7, 11) is 0. The second-order valence-electron chi connectivity index (χ2n) is 4.27. The third kappa shape index (κ3) is 1.63. The number of pyridine rings is 1. The fourth-order valence-electron chi connectivity index (χ4n) is 2.47. The standard InChI is InChI=1S/C13H13ClN2/c14-10-3-1-2-9(8-10)11-4-6-15-13-12(11)5-7-16-13/h3-7,9H,1-2,8H2,(H,15,16). The van der Waals surface area contributed by atoms with Gasteiger partial charge in [-0.05, 0) is 42.9 Å². The number of hydrogen-bond donors (Lipinski definition) is 1. The zero-order chi connectivity index (χ0) is 11.0. The van der Waals surface area contributed by atoms with Gasteiger partial charge in [0.1, 0.15) is 5.65 Å². The van der Waals surface area contributed by atoms with E-state index in [1.165, 1.54) is 17.4 Å². The molecule has 16 heavy (non-hydrogen) atoms. The van der Waals surface area contributed by atoms with E-state index in [9.17, 15) is 0 Å². The molecule has 1 aliphatic rings. The Hall–Kier alpha value is -1.28. The molecular weight excluding hydrogens is 220 g/mol. The van der Waals surface area contributed by atoms with Crippen molar-refractivity contribution in [2.45, 2.75) is 25.2 Å². The minimum Gasteiger partial charge on any atom is -0.346 e. The van der Waals surface area contributed by atoms with Crippen molar-refractivity contribution in [2.24, 2.45) is 0 Å². The summed E-state index contributed by atoms with van der Waals surface area (Å²) >= 11 is 6.12. The Morgan fingerprint density at radius 2 is 2.31 bits per heavy atom. The van der Waals surface area contributed by atoms with Crippen LogP contribution in [0.15, 0.2) is 35.6 Å². The molecule has 0 amide bonds. The summed E-state index contributed by atoms with van der Waals surface area (Å²) in [5.74, 6) is 0.541. The van der Waals surface area contributed by atoms with Crippen molar-refractivity contribution in [3.8, 4) is 0 Å². The summed E-state index contributed by atoms with van der Waals surface area (Å²) < 4.78 is 0. The summed E-state index contributed by atoms with van der Waals surface area (Å²) in [5, 5.41) is 2.23. The lowest BCUT2D eigenvalue weighted by molar-refractivity contribution is 0.614. The zero-order valence-electron chi connectivity index (χ0n) is 8.91. The molecule has 3 rings (SSSR count). The average Bonchev–Trinajstić information content (AvgIpc) is 2.76. The third-order valence-electron chi connectivity index (χ3n) is 3.26. The van der Waals surface area contributed by atoms with E-state index in [2.05, 4.69) is 28.2 Å². The van der Waals surface area contributed by atoms with Crippen molar-refractivity contribution in [3.63, 3.8) is 0 Å². The summed E-state index contributed by atoms with van der Waals surface area (Å²) in [4.78, 5) is 7.46. The van der Waals surface area contributed by atoms with Crippen LogP contribution in [0.4, 0.5) is 0 Å². The first-order valence-corrected chi connectivity index (χ1v) is 5.99. The Kier molecular flexibility index (Phi) is 2.44. The number of nitrogens with one attached hydrogen (secondary N) is 1. The van der Waals surface area contributed by atoms with Crippen molar-refractivity contribution in [1.82, 2.24) is 9.97 Å². The van der Waals surface area contributed by atoms with Gasteiger partial charge in [-0.25, -0.2) is 4.98 Å². The van der Waals surface area contributed by atoms with Crippen LogP contribution in [0.2, 0.25) is 0 Å². The Labute approximate surface area is 99.3 Å². The van der Waals surface area contributed by atoms with Gasteiger partial charge >= 0.3 is 0 Å². The van der Waals surface area contributed by atoms with Gasteiger partial charge in [-0.15, -0.1) is 0 Å². The summed E-state index contributed by atoms with van der Waals surface area (Å²) in [6.07, 6.45) is 9.18. The van der Waals surface area contributed by atoms with E-state index in [0.29, 0.717) is 5.92 Å². The lowest BCUT2D eigenvalue weighted by Gasteiger charge is -2.20. The van der Waals surface area contributed by atoms with Crippen LogP contribution in [-0.4, -0.2) is 9.97 Å². The molecule has 1 aliphatic carbocycles. The smallest absolute Gasteiger partial charge is 0.137 e. The molecule has 0 saturated carbocycles. The number of allylic oxidation sites excluding steroid dienone is 2. The Morgan fingerprint density at radius 1 is 1.38 bits per heavy atom. The van der Waals surface area contributed by atoms with Crippen molar-refractivity contribution >= 4 is 22.6 Å². The molecule has 2 aromatic heterocycles. The van der Waals surface area contributed by atoms with Gasteiger partial charge in [0.05, 0.1) is 0 Å². The molecule has 82 valence electrons. The Morgan fingerprint density at radius 3 is 3.19 bits per heavy atom. The molecule has 0 saturated heterocycles. The average molecular weight is 233 g/mol. The first kappa shape index (κ1) is 9.91. The van der Waals surface area contributed by atoms with Crippen molar-refractivity contribution in [1.29, 1.82) is 0 Å². The van der Waals surface area contributed by atoms with Gasteiger partial charge in [0.15, 0.2) is 0 Å². The van der Waals surface area contributed by atoms with E-state index in [-0.39, 0.29) is 0 Å². The zero-order valence-corrected chi connectivity index (χ0v) is 9.67. The molecule has 0 bridgehead atoms. The van der Waals surface area contributed by atoms with Crippen molar-refractivity contribution in [3.05, 3.63) is 41.2 Å². The Bertz CT molecular complexity index is 542. The van der Waals surface area contributed by atoms with E-state index in [4.69, 9.17) is 11.6 Å². The maximum absolute atomic E-state index is 6.12. The first-order chi connectivity index (χ1) is 7.84. The molecule has 0 spiro atoms. The molecule has 1 N–H and O–H groups in total. The van der Waals surface area contributed by atoms with Gasteiger partial charge in [-0.1, -0.05) is 17.7 Å². The van der Waals surface area contributed by atoms with Crippen LogP contribution in [0, 0.1) is 0 Å². The van der Waals surface area contributed by atoms with Crippen LogP contribution in [0.3, 0.4) is 0 Å². The van der Waals surface area contributed by atoms with E-state index in [1.807, 2.05) is 12.4 Å². The van der Waals surface area contributed by atoms with Gasteiger partial charge in [0, 0.05) is 22.8 Å². The van der Waals surface area contributed by atoms with Gasteiger partial charge in [0.2, 0.25) is 0 Å². The van der Waals surface area contributed by atoms with Crippen LogP contribution in [0.1, 0.15) is 30.7 Å². The van der Waals surface area contributed by atoms with Crippen LogP contribution in [0.25, 0.3) is 11.0 Å². The highest BCUT2D eigenvalue weighted by atomic mass is 35.5. The quantitative estimate of drug-likeness (QED) is 0.792. The SMILES string of the molecule is ClC1=CCCC(c2ccnc3[nH]ccc23)C1. The van der Waals surface area contributed by atoms with Crippen LogP contribution >= 0.6 is 11.6 Å². The highest BCUT2D eigenvalue weighted by Gasteiger charge is 2.18. The largest absolute Gasteiger partial charge is 0.346 e. The highest BCUT2D eigenvalue weighted by molar-refractivity contribution is 6.29. The van der Waals surface area contributed by atoms with Crippen LogP contribution in [-0.2, 0) is 0 Å². The predicted molar refractivity (Wildman–Crippen MR) is 66.6 cm³/mol. The fourth-order valence-corrected chi connectivity index (χ4v) is 2.76. The van der Waals surface area contributed by atoms with Crippen LogP contribution < -0.4 is 0 Å². The molecule has 3 heteroatoms. The summed E-state index contributed by atoms with van der Waals surface area (Å²) in [6.45, 7) is 0. The molecule has 0 fully saturated rings. The number of aromatic amines is 1. The van der Waals surface area contributed by atoms with Gasteiger partial charge in [0.25, 0.3) is 0 Å². The fraction of sp³-hybridized carbons (Fsp3) is 0.308. The first-order valence-electron chi connectivity index (χ1n) is 5.61. The van der Waals surface area contributed by atoms with E-state index in [1.54, 1.807) is 0 Å². The lowest BCUT2D eigenvalue weighted by atomic mass is 9.87. The second kappa shape index (κ2) is 3.95. The molecule has 0 aromatic carbocycles. The Balaban J connectivity index is 2.05. The number of rotatable bonds is 1. The maximum Gasteiger partial charge on any atom is 0.137 e.